The molecule has 1 aromatic carbocycles. The maximum absolute atomic E-state index is 9.35. The summed E-state index contributed by atoms with van der Waals surface area (Å²) in [4.78, 5) is 0. The first-order chi connectivity index (χ1) is 8.33. The van der Waals surface area contributed by atoms with Gasteiger partial charge in [0.05, 0.1) is 19.1 Å². The monoisotopic (exact) mass is 227 g/mol. The van der Waals surface area contributed by atoms with Gasteiger partial charge in [0.2, 0.25) is 0 Å². The topological polar surface area (TPSA) is 33.0 Å². The van der Waals surface area contributed by atoms with Crippen LogP contribution in [0.3, 0.4) is 0 Å². The molecule has 88 valence electrons. The van der Waals surface area contributed by atoms with Gasteiger partial charge in [-0.3, -0.25) is 0 Å². The fraction of sp³-hybridized carbons (Fsp3) is 0.533. The zero-order chi connectivity index (χ0) is 11.8. The lowest BCUT2D eigenvalue weighted by Gasteiger charge is -2.26. The van der Waals surface area contributed by atoms with E-state index in [1.807, 2.05) is 12.1 Å². The molecule has 4 atom stereocenters. The van der Waals surface area contributed by atoms with E-state index in [1.54, 1.807) is 7.11 Å². The van der Waals surface area contributed by atoms with Crippen LogP contribution in [0.4, 0.5) is 0 Å². The van der Waals surface area contributed by atoms with Gasteiger partial charge in [0.15, 0.2) is 0 Å². The molecule has 2 heteroatoms. The van der Waals surface area contributed by atoms with Gasteiger partial charge in [-0.25, -0.2) is 0 Å². The third kappa shape index (κ3) is 1.61. The number of nitriles is 1. The second-order valence-electron chi connectivity index (χ2n) is 5.29. The summed E-state index contributed by atoms with van der Waals surface area (Å²) in [6, 6.07) is 10.8. The lowest BCUT2D eigenvalue weighted by atomic mass is 9.76. The van der Waals surface area contributed by atoms with Crippen LogP contribution in [0.25, 0.3) is 0 Å². The van der Waals surface area contributed by atoms with Crippen LogP contribution < -0.4 is 4.74 Å². The molecule has 2 nitrogen and oxygen atoms in total. The maximum atomic E-state index is 9.35. The summed E-state index contributed by atoms with van der Waals surface area (Å²) in [5, 5.41) is 9.35. The smallest absolute Gasteiger partial charge is 0.118 e. The van der Waals surface area contributed by atoms with E-state index < -0.39 is 0 Å². The van der Waals surface area contributed by atoms with E-state index in [9.17, 15) is 5.26 Å². The van der Waals surface area contributed by atoms with Gasteiger partial charge in [0.25, 0.3) is 0 Å². The van der Waals surface area contributed by atoms with Crippen molar-refractivity contribution >= 4 is 0 Å². The summed E-state index contributed by atoms with van der Waals surface area (Å²) < 4.78 is 5.18. The van der Waals surface area contributed by atoms with Crippen LogP contribution in [-0.4, -0.2) is 7.11 Å². The predicted octanol–water partition coefficient (Wildman–Crippen LogP) is 3.35. The number of fused-ring (bicyclic) bond motifs is 2. The van der Waals surface area contributed by atoms with Gasteiger partial charge in [-0.2, -0.15) is 5.26 Å². The van der Waals surface area contributed by atoms with Gasteiger partial charge < -0.3 is 4.74 Å². The number of ether oxygens (including phenoxy) is 1. The molecule has 17 heavy (non-hydrogen) atoms. The molecule has 0 aromatic heterocycles. The number of benzene rings is 1. The second kappa shape index (κ2) is 4.07. The Bertz CT molecular complexity index is 445. The van der Waals surface area contributed by atoms with Gasteiger partial charge in [0, 0.05) is 5.92 Å². The number of nitrogens with zero attached hydrogens (tertiary/aromatic N) is 1. The van der Waals surface area contributed by atoms with Gasteiger partial charge in [-0.05, 0) is 48.8 Å². The first-order valence-electron chi connectivity index (χ1n) is 6.37. The Balaban J connectivity index is 1.90. The average Bonchev–Trinajstić information content (AvgIpc) is 2.98. The number of rotatable bonds is 2. The molecule has 3 rings (SSSR count). The lowest BCUT2D eigenvalue weighted by molar-refractivity contribution is 0.349. The molecule has 0 saturated heterocycles. The van der Waals surface area contributed by atoms with Crippen LogP contribution in [-0.2, 0) is 0 Å². The molecule has 2 aliphatic rings. The van der Waals surface area contributed by atoms with Gasteiger partial charge in [-0.1, -0.05) is 12.1 Å². The van der Waals surface area contributed by atoms with Crippen molar-refractivity contribution in [3.05, 3.63) is 29.8 Å². The van der Waals surface area contributed by atoms with Gasteiger partial charge in [-0.15, -0.1) is 0 Å². The molecule has 2 fully saturated rings. The molecule has 0 N–H and O–H groups in total. The minimum atomic E-state index is 0.238. The summed E-state index contributed by atoms with van der Waals surface area (Å²) in [5.74, 6) is 2.98. The van der Waals surface area contributed by atoms with Crippen LogP contribution in [0.5, 0.6) is 5.75 Å². The average molecular weight is 227 g/mol. The Labute approximate surface area is 102 Å². The molecule has 0 spiro atoms. The summed E-state index contributed by atoms with van der Waals surface area (Å²) in [7, 11) is 1.69. The van der Waals surface area contributed by atoms with E-state index in [-0.39, 0.29) is 5.92 Å². The molecule has 2 saturated carbocycles. The highest BCUT2D eigenvalue weighted by atomic mass is 16.5. The third-order valence-corrected chi connectivity index (χ3v) is 4.57. The van der Waals surface area contributed by atoms with Crippen LogP contribution >= 0.6 is 0 Å². The Morgan fingerprint density at radius 3 is 2.53 bits per heavy atom. The quantitative estimate of drug-likeness (QED) is 0.776. The largest absolute Gasteiger partial charge is 0.497 e. The zero-order valence-corrected chi connectivity index (χ0v) is 10.1. The van der Waals surface area contributed by atoms with Crippen molar-refractivity contribution in [2.45, 2.75) is 25.2 Å². The van der Waals surface area contributed by atoms with Crippen LogP contribution in [0.15, 0.2) is 24.3 Å². The normalized spacial score (nSPS) is 34.6. The van der Waals surface area contributed by atoms with Crippen molar-refractivity contribution in [1.29, 1.82) is 5.26 Å². The first-order valence-corrected chi connectivity index (χ1v) is 6.37. The zero-order valence-electron chi connectivity index (χ0n) is 10.1. The van der Waals surface area contributed by atoms with E-state index >= 15 is 0 Å². The van der Waals surface area contributed by atoms with E-state index in [2.05, 4.69) is 18.2 Å². The molecule has 4 unspecified atom stereocenters. The Morgan fingerprint density at radius 2 is 1.88 bits per heavy atom. The molecule has 0 amide bonds. The molecule has 2 aliphatic carbocycles. The molecule has 0 aliphatic heterocycles. The summed E-state index contributed by atoms with van der Waals surface area (Å²) >= 11 is 0. The van der Waals surface area contributed by atoms with Crippen molar-refractivity contribution in [3.8, 4) is 11.8 Å². The van der Waals surface area contributed by atoms with Gasteiger partial charge in [0.1, 0.15) is 5.75 Å². The van der Waals surface area contributed by atoms with Gasteiger partial charge >= 0.3 is 0 Å². The fourth-order valence-corrected chi connectivity index (χ4v) is 3.78. The standard InChI is InChI=1S/C15H17NO/c1-17-13-6-4-10(5-7-13)15-12-3-2-11(8-12)14(15)9-16/h4-7,11-12,14-15H,2-3,8H2,1H3. The highest BCUT2D eigenvalue weighted by molar-refractivity contribution is 5.33. The number of hydrogen-bond acceptors (Lipinski definition) is 2. The van der Waals surface area contributed by atoms with Crippen LogP contribution in [0, 0.1) is 29.1 Å². The third-order valence-electron chi connectivity index (χ3n) is 4.57. The summed E-state index contributed by atoms with van der Waals surface area (Å²) in [5.41, 5.74) is 1.32. The molecule has 1 aromatic rings. The lowest BCUT2D eigenvalue weighted by Crippen LogP contribution is -2.19. The Hall–Kier alpha value is -1.49. The van der Waals surface area contributed by atoms with Crippen molar-refractivity contribution in [2.75, 3.05) is 7.11 Å². The minimum absolute atomic E-state index is 0.238. The van der Waals surface area contributed by atoms with Crippen molar-refractivity contribution in [2.24, 2.45) is 17.8 Å². The Kier molecular flexibility index (Phi) is 2.55. The molecule has 0 radical (unpaired) electrons. The van der Waals surface area contributed by atoms with Crippen molar-refractivity contribution in [3.63, 3.8) is 0 Å². The second-order valence-corrected chi connectivity index (χ2v) is 5.29. The van der Waals surface area contributed by atoms with Crippen molar-refractivity contribution < 1.29 is 4.74 Å². The maximum Gasteiger partial charge on any atom is 0.118 e. The number of hydrogen-bond donors (Lipinski definition) is 0. The predicted molar refractivity (Wildman–Crippen MR) is 65.7 cm³/mol. The fourth-order valence-electron chi connectivity index (χ4n) is 3.78. The summed E-state index contributed by atoms with van der Waals surface area (Å²) in [6.07, 6.45) is 3.82. The highest BCUT2D eigenvalue weighted by Crippen LogP contribution is 2.56. The van der Waals surface area contributed by atoms with E-state index in [0.29, 0.717) is 11.8 Å². The SMILES string of the molecule is COc1ccc(C2C3CCC(C3)C2C#N)cc1. The van der Waals surface area contributed by atoms with Crippen LogP contribution in [0.2, 0.25) is 0 Å². The van der Waals surface area contributed by atoms with E-state index in [4.69, 9.17) is 4.74 Å². The molecular weight excluding hydrogens is 210 g/mol. The van der Waals surface area contributed by atoms with E-state index in [0.717, 1.165) is 11.7 Å². The van der Waals surface area contributed by atoms with E-state index in [1.165, 1.54) is 24.8 Å². The number of methoxy groups -OCH3 is 1. The first kappa shape index (κ1) is 10.7. The van der Waals surface area contributed by atoms with Crippen LogP contribution in [0.1, 0.15) is 30.7 Å². The summed E-state index contributed by atoms with van der Waals surface area (Å²) in [6.45, 7) is 0. The Morgan fingerprint density at radius 1 is 1.18 bits per heavy atom. The molecule has 0 heterocycles. The molecular formula is C15H17NO. The minimum Gasteiger partial charge on any atom is -0.497 e. The molecule has 2 bridgehead atoms. The highest BCUT2D eigenvalue weighted by Gasteiger charge is 2.48. The van der Waals surface area contributed by atoms with Crippen molar-refractivity contribution in [1.82, 2.24) is 0 Å².